The summed E-state index contributed by atoms with van der Waals surface area (Å²) in [6.45, 7) is 2.63. The number of aromatic nitrogens is 2. The molecule has 8 nitrogen and oxygen atoms in total. The summed E-state index contributed by atoms with van der Waals surface area (Å²) in [5.41, 5.74) is 0.279. The second-order valence-corrected chi connectivity index (χ2v) is 9.65. The van der Waals surface area contributed by atoms with Crippen molar-refractivity contribution in [1.29, 1.82) is 0 Å². The Morgan fingerprint density at radius 3 is 2.87 bits per heavy atom. The van der Waals surface area contributed by atoms with E-state index in [9.17, 15) is 5.11 Å². The molecule has 2 unspecified atom stereocenters. The van der Waals surface area contributed by atoms with Crippen LogP contribution in [0, 0.1) is 0 Å². The average Bonchev–Trinajstić information content (AvgIpc) is 3.16. The number of ether oxygens (including phenoxy) is 1. The Hall–Kier alpha value is -2.33. The lowest BCUT2D eigenvalue weighted by Gasteiger charge is -2.29. The molecule has 0 spiro atoms. The minimum Gasteiger partial charge on any atom is -0.492 e. The van der Waals surface area contributed by atoms with Gasteiger partial charge in [0, 0.05) is 23.3 Å². The molecule has 1 fully saturated rings. The van der Waals surface area contributed by atoms with E-state index in [4.69, 9.17) is 21.4 Å². The number of benzene rings is 1. The standard InChI is InChI=1S/C21H22ClN5O3S/c1-20(5-6-20)19-17(27-12-23-10-16(27)31-19)18(29)21(11-24-26-25-21)13-3-4-15(14(22)9-13)30-8-2-7-28/h3-4,9-12,18,28-29H,2,5-8H2,1H3. The Kier molecular flexibility index (Phi) is 5.09. The topological polar surface area (TPSA) is 104 Å². The maximum Gasteiger partial charge on any atom is 0.177 e. The molecule has 10 heteroatoms. The summed E-state index contributed by atoms with van der Waals surface area (Å²) >= 11 is 8.13. The number of aliphatic hydroxyl groups is 2. The molecule has 3 heterocycles. The van der Waals surface area contributed by atoms with Gasteiger partial charge >= 0.3 is 0 Å². The van der Waals surface area contributed by atoms with Gasteiger partial charge in [-0.15, -0.1) is 21.6 Å². The van der Waals surface area contributed by atoms with Gasteiger partial charge in [-0.1, -0.05) is 24.6 Å². The van der Waals surface area contributed by atoms with Crippen LogP contribution < -0.4 is 4.74 Å². The molecule has 162 valence electrons. The highest BCUT2D eigenvalue weighted by Gasteiger charge is 2.50. The molecular weight excluding hydrogens is 438 g/mol. The van der Waals surface area contributed by atoms with Gasteiger partial charge in [0.2, 0.25) is 0 Å². The first-order valence-corrected chi connectivity index (χ1v) is 11.3. The van der Waals surface area contributed by atoms with E-state index in [-0.39, 0.29) is 12.0 Å². The first kappa shape index (κ1) is 20.6. The van der Waals surface area contributed by atoms with Crippen molar-refractivity contribution in [2.45, 2.75) is 43.2 Å². The Morgan fingerprint density at radius 2 is 2.19 bits per heavy atom. The fraction of sp³-hybridized carbons (Fsp3) is 0.429. The fourth-order valence-corrected chi connectivity index (χ4v) is 5.45. The predicted molar refractivity (Wildman–Crippen MR) is 118 cm³/mol. The van der Waals surface area contributed by atoms with E-state index in [1.807, 2.05) is 16.7 Å². The minimum atomic E-state index is -1.20. The number of imidazole rings is 1. The van der Waals surface area contributed by atoms with Crippen LogP contribution in [-0.2, 0) is 11.0 Å². The highest BCUT2D eigenvalue weighted by atomic mass is 35.5. The Bertz CT molecular complexity index is 1170. The lowest BCUT2D eigenvalue weighted by atomic mass is 9.83. The molecule has 2 atom stereocenters. The molecule has 31 heavy (non-hydrogen) atoms. The van der Waals surface area contributed by atoms with E-state index >= 15 is 0 Å². The number of thiazole rings is 1. The van der Waals surface area contributed by atoms with Gasteiger partial charge in [0.05, 0.1) is 29.7 Å². The molecule has 2 N–H and O–H groups in total. The van der Waals surface area contributed by atoms with Crippen LogP contribution in [0.3, 0.4) is 0 Å². The van der Waals surface area contributed by atoms with Crippen LogP contribution in [0.25, 0.3) is 4.83 Å². The zero-order valence-corrected chi connectivity index (χ0v) is 18.5. The summed E-state index contributed by atoms with van der Waals surface area (Å²) in [7, 11) is 0. The number of hydrogen-bond acceptors (Lipinski definition) is 8. The van der Waals surface area contributed by atoms with Crippen molar-refractivity contribution in [1.82, 2.24) is 9.38 Å². The molecule has 1 aliphatic carbocycles. The first-order chi connectivity index (χ1) is 15.0. The molecule has 2 aromatic heterocycles. The van der Waals surface area contributed by atoms with Crippen LogP contribution in [0.4, 0.5) is 0 Å². The summed E-state index contributed by atoms with van der Waals surface area (Å²) < 4.78 is 7.56. The average molecular weight is 460 g/mol. The molecule has 3 aromatic rings. The highest BCUT2D eigenvalue weighted by Crippen LogP contribution is 2.55. The molecular formula is C21H22ClN5O3S. The molecule has 0 saturated heterocycles. The zero-order chi connectivity index (χ0) is 21.6. The van der Waals surface area contributed by atoms with Gasteiger partial charge in [-0.05, 0) is 35.8 Å². The number of aliphatic hydroxyl groups excluding tert-OH is 2. The van der Waals surface area contributed by atoms with Gasteiger partial charge in [-0.25, -0.2) is 4.98 Å². The lowest BCUT2D eigenvalue weighted by Crippen LogP contribution is -2.33. The normalized spacial score (nSPS) is 22.3. The van der Waals surface area contributed by atoms with Gasteiger partial charge in [0.25, 0.3) is 0 Å². The SMILES string of the molecule is CC1(c2sc3cncn3c2C(O)C2(c3ccc(OCCCO)c(Cl)c3)C=NN=N2)CC1. The van der Waals surface area contributed by atoms with Crippen molar-refractivity contribution >= 4 is 34.0 Å². The van der Waals surface area contributed by atoms with Crippen LogP contribution in [0.5, 0.6) is 5.75 Å². The molecule has 0 bridgehead atoms. The van der Waals surface area contributed by atoms with Crippen molar-refractivity contribution in [2.24, 2.45) is 15.4 Å². The molecule has 0 amide bonds. The van der Waals surface area contributed by atoms with E-state index in [1.54, 1.807) is 36.0 Å². The van der Waals surface area contributed by atoms with E-state index < -0.39 is 11.6 Å². The Morgan fingerprint density at radius 1 is 1.35 bits per heavy atom. The smallest absolute Gasteiger partial charge is 0.177 e. The quantitative estimate of drug-likeness (QED) is 0.491. The number of halogens is 1. The second-order valence-electron chi connectivity index (χ2n) is 8.21. The van der Waals surface area contributed by atoms with Crippen LogP contribution in [-0.4, -0.2) is 39.0 Å². The van der Waals surface area contributed by atoms with Crippen LogP contribution in [0.1, 0.15) is 48.4 Å². The van der Waals surface area contributed by atoms with Gasteiger partial charge in [0.15, 0.2) is 5.54 Å². The van der Waals surface area contributed by atoms with E-state index in [2.05, 4.69) is 27.3 Å². The van der Waals surface area contributed by atoms with Crippen molar-refractivity contribution in [3.05, 3.63) is 51.9 Å². The van der Waals surface area contributed by atoms with E-state index in [0.717, 1.165) is 28.2 Å². The van der Waals surface area contributed by atoms with Crippen LogP contribution >= 0.6 is 22.9 Å². The third-order valence-electron chi connectivity index (χ3n) is 6.00. The Labute approximate surface area is 187 Å². The molecule has 0 radical (unpaired) electrons. The number of hydrogen-bond donors (Lipinski definition) is 2. The predicted octanol–water partition coefficient (Wildman–Crippen LogP) is 4.24. The van der Waals surface area contributed by atoms with Gasteiger partial charge in [-0.3, -0.25) is 4.40 Å². The maximum absolute atomic E-state index is 11.7. The number of rotatable bonds is 8. The van der Waals surface area contributed by atoms with Crippen molar-refractivity contribution in [2.75, 3.05) is 13.2 Å². The van der Waals surface area contributed by atoms with Crippen molar-refractivity contribution in [3.63, 3.8) is 0 Å². The van der Waals surface area contributed by atoms with Gasteiger partial charge in [0.1, 0.15) is 23.0 Å². The summed E-state index contributed by atoms with van der Waals surface area (Å²) in [5, 5.41) is 33.3. The highest BCUT2D eigenvalue weighted by molar-refractivity contribution is 7.17. The lowest BCUT2D eigenvalue weighted by molar-refractivity contribution is 0.115. The number of nitrogens with zero attached hydrogens (tertiary/aromatic N) is 5. The fourth-order valence-electron chi connectivity index (χ4n) is 3.89. The summed E-state index contributed by atoms with van der Waals surface area (Å²) in [6.07, 6.45) is 6.74. The summed E-state index contributed by atoms with van der Waals surface area (Å²) in [4.78, 5) is 6.37. The van der Waals surface area contributed by atoms with Crippen molar-refractivity contribution in [3.8, 4) is 5.75 Å². The largest absolute Gasteiger partial charge is 0.492 e. The second kappa shape index (κ2) is 7.67. The maximum atomic E-state index is 11.7. The molecule has 1 aliphatic heterocycles. The van der Waals surface area contributed by atoms with Gasteiger partial charge in [-0.2, -0.15) is 0 Å². The molecule has 1 saturated carbocycles. The zero-order valence-electron chi connectivity index (χ0n) is 16.9. The molecule has 2 aliphatic rings. The van der Waals surface area contributed by atoms with Crippen LogP contribution in [0.15, 0.2) is 46.2 Å². The monoisotopic (exact) mass is 459 g/mol. The van der Waals surface area contributed by atoms with E-state index in [1.165, 1.54) is 0 Å². The third kappa shape index (κ3) is 3.36. The Balaban J connectivity index is 1.57. The minimum absolute atomic E-state index is 0.0481. The summed E-state index contributed by atoms with van der Waals surface area (Å²) in [5.74, 6) is 0.508. The van der Waals surface area contributed by atoms with Gasteiger partial charge < -0.3 is 14.9 Å². The van der Waals surface area contributed by atoms with Crippen molar-refractivity contribution < 1.29 is 14.9 Å². The first-order valence-electron chi connectivity index (χ1n) is 10.1. The molecule has 5 rings (SSSR count). The molecule has 1 aromatic carbocycles. The third-order valence-corrected chi connectivity index (χ3v) is 7.71. The summed E-state index contributed by atoms with van der Waals surface area (Å²) in [6, 6.07) is 5.29. The van der Waals surface area contributed by atoms with E-state index in [0.29, 0.717) is 29.4 Å². The van der Waals surface area contributed by atoms with Crippen LogP contribution in [0.2, 0.25) is 5.02 Å². The number of fused-ring (bicyclic) bond motifs is 1.